The summed E-state index contributed by atoms with van der Waals surface area (Å²) in [5.41, 5.74) is 2.17. The molecule has 6 atom stereocenters. The number of rotatable bonds is 2. The molecule has 1 saturated heterocycles. The standard InChI is InChI=1S/C22H34O3/c1-13(2)17-10-9-15(4)19-18-12-14(3)8-7-11-22(6,25-16(5)23)21(24-18)20(17)19/h8,13,17-21H,4,7,9-12H2,1-3,5-6H3/b14-8-/t17-,18-,19-,20-,21-,22-/m1/s1. The fourth-order valence-corrected chi connectivity index (χ4v) is 5.63. The quantitative estimate of drug-likeness (QED) is 0.518. The van der Waals surface area contributed by atoms with Gasteiger partial charge in [0.2, 0.25) is 0 Å². The van der Waals surface area contributed by atoms with Gasteiger partial charge in [0.1, 0.15) is 11.7 Å². The van der Waals surface area contributed by atoms with Gasteiger partial charge in [0.05, 0.1) is 6.10 Å². The minimum absolute atomic E-state index is 0.0323. The fourth-order valence-electron chi connectivity index (χ4n) is 5.63. The average Bonchev–Trinajstić information content (AvgIpc) is 2.88. The summed E-state index contributed by atoms with van der Waals surface area (Å²) in [5, 5.41) is 0. The summed E-state index contributed by atoms with van der Waals surface area (Å²) in [6.07, 6.45) is 7.45. The molecule has 0 aromatic heterocycles. The number of fused-ring (bicyclic) bond motifs is 5. The Labute approximate surface area is 152 Å². The highest BCUT2D eigenvalue weighted by Crippen LogP contribution is 2.55. The lowest BCUT2D eigenvalue weighted by molar-refractivity contribution is -0.178. The Kier molecular flexibility index (Phi) is 5.16. The van der Waals surface area contributed by atoms with Gasteiger partial charge in [-0.1, -0.05) is 37.6 Å². The molecule has 0 radical (unpaired) electrons. The third kappa shape index (κ3) is 3.45. The first-order valence-corrected chi connectivity index (χ1v) is 9.91. The molecule has 1 saturated carbocycles. The van der Waals surface area contributed by atoms with Crippen molar-refractivity contribution in [2.45, 2.75) is 84.5 Å². The van der Waals surface area contributed by atoms with Gasteiger partial charge in [-0.15, -0.1) is 0 Å². The van der Waals surface area contributed by atoms with Gasteiger partial charge in [-0.25, -0.2) is 0 Å². The van der Waals surface area contributed by atoms with Crippen LogP contribution in [0.2, 0.25) is 0 Å². The van der Waals surface area contributed by atoms with Gasteiger partial charge in [0, 0.05) is 18.8 Å². The van der Waals surface area contributed by atoms with Crippen LogP contribution >= 0.6 is 0 Å². The van der Waals surface area contributed by atoms with Crippen LogP contribution in [0.5, 0.6) is 0 Å². The van der Waals surface area contributed by atoms with E-state index in [1.807, 2.05) is 0 Å². The molecule has 0 aromatic carbocycles. The monoisotopic (exact) mass is 346 g/mol. The largest absolute Gasteiger partial charge is 0.457 e. The van der Waals surface area contributed by atoms with Crippen LogP contribution in [0.15, 0.2) is 23.8 Å². The summed E-state index contributed by atoms with van der Waals surface area (Å²) in [6.45, 7) is 14.9. The predicted molar refractivity (Wildman–Crippen MR) is 100 cm³/mol. The normalized spacial score (nSPS) is 43.5. The number of ether oxygens (including phenoxy) is 2. The van der Waals surface area contributed by atoms with E-state index in [4.69, 9.17) is 9.47 Å². The van der Waals surface area contributed by atoms with E-state index in [0.29, 0.717) is 23.7 Å². The molecule has 2 bridgehead atoms. The van der Waals surface area contributed by atoms with E-state index < -0.39 is 5.60 Å². The van der Waals surface area contributed by atoms with Gasteiger partial charge < -0.3 is 9.47 Å². The van der Waals surface area contributed by atoms with Crippen molar-refractivity contribution in [3.8, 4) is 0 Å². The average molecular weight is 347 g/mol. The van der Waals surface area contributed by atoms with E-state index in [-0.39, 0.29) is 18.2 Å². The third-order valence-electron chi connectivity index (χ3n) is 6.74. The molecule has 3 nitrogen and oxygen atoms in total. The molecule has 140 valence electrons. The highest BCUT2D eigenvalue weighted by Gasteiger charge is 2.58. The van der Waals surface area contributed by atoms with Gasteiger partial charge in [0.15, 0.2) is 0 Å². The highest BCUT2D eigenvalue weighted by molar-refractivity contribution is 5.66. The van der Waals surface area contributed by atoms with Gasteiger partial charge in [-0.2, -0.15) is 0 Å². The first kappa shape index (κ1) is 18.7. The molecular formula is C22H34O3. The van der Waals surface area contributed by atoms with Crippen molar-refractivity contribution in [1.29, 1.82) is 0 Å². The Morgan fingerprint density at radius 3 is 2.80 bits per heavy atom. The molecule has 1 aliphatic carbocycles. The Balaban J connectivity index is 2.05. The lowest BCUT2D eigenvalue weighted by atomic mass is 9.61. The number of carbonyl (C=O) groups excluding carboxylic acids is 1. The lowest BCUT2D eigenvalue weighted by Gasteiger charge is -2.44. The Morgan fingerprint density at radius 1 is 1.44 bits per heavy atom. The molecule has 0 unspecified atom stereocenters. The number of hydrogen-bond acceptors (Lipinski definition) is 3. The maximum absolute atomic E-state index is 11.9. The maximum Gasteiger partial charge on any atom is 0.303 e. The van der Waals surface area contributed by atoms with Crippen LogP contribution in [0.25, 0.3) is 0 Å². The highest BCUT2D eigenvalue weighted by atomic mass is 16.6. The summed E-state index contributed by atoms with van der Waals surface area (Å²) in [7, 11) is 0. The number of hydrogen-bond donors (Lipinski definition) is 0. The van der Waals surface area contributed by atoms with Crippen molar-refractivity contribution < 1.29 is 14.3 Å². The summed E-state index contributed by atoms with van der Waals surface area (Å²) in [5.74, 6) is 1.79. The zero-order valence-electron chi connectivity index (χ0n) is 16.5. The van der Waals surface area contributed by atoms with Gasteiger partial charge >= 0.3 is 5.97 Å². The second kappa shape index (κ2) is 6.90. The molecule has 3 rings (SSSR count). The van der Waals surface area contributed by atoms with Gasteiger partial charge in [-0.3, -0.25) is 4.79 Å². The van der Waals surface area contributed by atoms with E-state index in [9.17, 15) is 4.79 Å². The Bertz CT molecular complexity index is 576. The molecule has 0 spiro atoms. The van der Waals surface area contributed by atoms with Crippen LogP contribution in [-0.2, 0) is 14.3 Å². The van der Waals surface area contributed by atoms with E-state index in [1.165, 1.54) is 24.5 Å². The minimum Gasteiger partial charge on any atom is -0.457 e. The Morgan fingerprint density at radius 2 is 2.16 bits per heavy atom. The molecule has 25 heavy (non-hydrogen) atoms. The summed E-state index contributed by atoms with van der Waals surface area (Å²) >= 11 is 0. The lowest BCUT2D eigenvalue weighted by Crippen LogP contribution is -2.50. The summed E-state index contributed by atoms with van der Waals surface area (Å²) < 4.78 is 12.6. The number of esters is 1. The zero-order chi connectivity index (χ0) is 18.4. The zero-order valence-corrected chi connectivity index (χ0v) is 16.5. The van der Waals surface area contributed by atoms with Crippen LogP contribution in [0.3, 0.4) is 0 Å². The maximum atomic E-state index is 11.9. The van der Waals surface area contributed by atoms with Gasteiger partial charge in [-0.05, 0) is 57.8 Å². The molecule has 2 fully saturated rings. The van der Waals surface area contributed by atoms with Crippen molar-refractivity contribution >= 4 is 5.97 Å². The molecule has 0 amide bonds. The van der Waals surface area contributed by atoms with Crippen molar-refractivity contribution in [3.05, 3.63) is 23.8 Å². The second-order valence-electron chi connectivity index (χ2n) is 9.00. The molecule has 2 heterocycles. The topological polar surface area (TPSA) is 35.5 Å². The van der Waals surface area contributed by atoms with E-state index in [0.717, 1.165) is 25.7 Å². The van der Waals surface area contributed by atoms with E-state index in [2.05, 4.69) is 40.3 Å². The van der Waals surface area contributed by atoms with Crippen molar-refractivity contribution in [2.24, 2.45) is 23.7 Å². The smallest absolute Gasteiger partial charge is 0.303 e. The molecule has 0 aromatic rings. The molecule has 0 N–H and O–H groups in total. The number of carbonyl (C=O) groups is 1. The third-order valence-corrected chi connectivity index (χ3v) is 6.74. The van der Waals surface area contributed by atoms with Crippen LogP contribution in [-0.4, -0.2) is 23.8 Å². The van der Waals surface area contributed by atoms with Crippen LogP contribution < -0.4 is 0 Å². The summed E-state index contributed by atoms with van der Waals surface area (Å²) in [6, 6.07) is 0. The fraction of sp³-hybridized carbons (Fsp3) is 0.773. The SMILES string of the molecule is C=C1CC[C@H](C(C)C)[C@@H]2[C@H]1[C@H]1C/C(C)=C\CC[C@@](C)(OC(C)=O)[C@@H]2O1. The van der Waals surface area contributed by atoms with Crippen LogP contribution in [0.4, 0.5) is 0 Å². The van der Waals surface area contributed by atoms with Crippen molar-refractivity contribution in [1.82, 2.24) is 0 Å². The van der Waals surface area contributed by atoms with Crippen LogP contribution in [0, 0.1) is 23.7 Å². The predicted octanol–water partition coefficient (Wildman–Crippen LogP) is 5.06. The first-order valence-electron chi connectivity index (χ1n) is 9.91. The van der Waals surface area contributed by atoms with E-state index >= 15 is 0 Å². The molecular weight excluding hydrogens is 312 g/mol. The molecule has 3 aliphatic rings. The second-order valence-corrected chi connectivity index (χ2v) is 9.00. The van der Waals surface area contributed by atoms with Crippen LogP contribution in [0.1, 0.15) is 66.7 Å². The Hall–Kier alpha value is -1.09. The molecule has 2 aliphatic heterocycles. The van der Waals surface area contributed by atoms with Crippen molar-refractivity contribution in [2.75, 3.05) is 0 Å². The van der Waals surface area contributed by atoms with E-state index in [1.54, 1.807) is 0 Å². The van der Waals surface area contributed by atoms with Gasteiger partial charge in [0.25, 0.3) is 0 Å². The van der Waals surface area contributed by atoms with Crippen molar-refractivity contribution in [3.63, 3.8) is 0 Å². The summed E-state index contributed by atoms with van der Waals surface area (Å²) in [4.78, 5) is 11.9. The first-order chi connectivity index (χ1) is 11.7. The number of allylic oxidation sites excluding steroid dienone is 1. The molecule has 3 heteroatoms. The minimum atomic E-state index is -0.560.